The van der Waals surface area contributed by atoms with Crippen LogP contribution in [0.3, 0.4) is 0 Å². The maximum Gasteiger partial charge on any atom is 0.335 e. The zero-order valence-electron chi connectivity index (χ0n) is 11.1. The van der Waals surface area contributed by atoms with E-state index in [-0.39, 0.29) is 17.0 Å². The molecule has 0 saturated carbocycles. The van der Waals surface area contributed by atoms with Gasteiger partial charge in [0.1, 0.15) is 11.4 Å². The Balaban J connectivity index is 2.95. The largest absolute Gasteiger partial charge is 0.506 e. The predicted octanol–water partition coefficient (Wildman–Crippen LogP) is 1.84. The quantitative estimate of drug-likeness (QED) is 0.707. The SMILES string of the molecule is CCC(C)(OC)C(=O)Nc1ccc(C(=O)O)cc1O. The number of aromatic hydroxyl groups is 1. The minimum atomic E-state index is -1.15. The molecular weight excluding hydrogens is 250 g/mol. The first-order chi connectivity index (χ1) is 8.84. The van der Waals surface area contributed by atoms with Crippen molar-refractivity contribution in [3.63, 3.8) is 0 Å². The highest BCUT2D eigenvalue weighted by molar-refractivity contribution is 5.99. The Morgan fingerprint density at radius 2 is 2.05 bits per heavy atom. The second-order valence-electron chi connectivity index (χ2n) is 4.28. The maximum atomic E-state index is 12.0. The molecule has 0 heterocycles. The molecule has 1 amide bonds. The van der Waals surface area contributed by atoms with Crippen LogP contribution in [-0.4, -0.2) is 34.8 Å². The van der Waals surface area contributed by atoms with Crippen LogP contribution in [-0.2, 0) is 9.53 Å². The van der Waals surface area contributed by atoms with Gasteiger partial charge in [0.15, 0.2) is 0 Å². The molecule has 0 aliphatic rings. The van der Waals surface area contributed by atoms with Crippen molar-refractivity contribution in [1.29, 1.82) is 0 Å². The van der Waals surface area contributed by atoms with Crippen molar-refractivity contribution in [2.75, 3.05) is 12.4 Å². The second kappa shape index (κ2) is 5.71. The molecule has 6 heteroatoms. The number of carboxylic acid groups (broad SMARTS) is 1. The summed E-state index contributed by atoms with van der Waals surface area (Å²) in [5, 5.41) is 21.0. The van der Waals surface area contributed by atoms with Crippen molar-refractivity contribution in [1.82, 2.24) is 0 Å². The number of amides is 1. The summed E-state index contributed by atoms with van der Waals surface area (Å²) in [6, 6.07) is 3.71. The zero-order chi connectivity index (χ0) is 14.6. The van der Waals surface area contributed by atoms with Crippen LogP contribution in [0.2, 0.25) is 0 Å². The van der Waals surface area contributed by atoms with E-state index in [2.05, 4.69) is 5.32 Å². The van der Waals surface area contributed by atoms with E-state index >= 15 is 0 Å². The first-order valence-electron chi connectivity index (χ1n) is 5.77. The van der Waals surface area contributed by atoms with Crippen molar-refractivity contribution in [3.8, 4) is 5.75 Å². The topological polar surface area (TPSA) is 95.9 Å². The molecule has 0 spiro atoms. The normalized spacial score (nSPS) is 13.6. The van der Waals surface area contributed by atoms with Crippen molar-refractivity contribution in [3.05, 3.63) is 23.8 Å². The van der Waals surface area contributed by atoms with Gasteiger partial charge >= 0.3 is 5.97 Å². The van der Waals surface area contributed by atoms with Gasteiger partial charge in [0.05, 0.1) is 11.3 Å². The number of hydrogen-bond acceptors (Lipinski definition) is 4. The summed E-state index contributed by atoms with van der Waals surface area (Å²) in [5.41, 5.74) is -0.912. The summed E-state index contributed by atoms with van der Waals surface area (Å²) in [4.78, 5) is 22.7. The number of benzene rings is 1. The fraction of sp³-hybridized carbons (Fsp3) is 0.385. The number of aromatic carboxylic acids is 1. The smallest absolute Gasteiger partial charge is 0.335 e. The molecule has 0 saturated heterocycles. The summed E-state index contributed by atoms with van der Waals surface area (Å²) in [6.07, 6.45) is 0.462. The van der Waals surface area contributed by atoms with E-state index in [1.807, 2.05) is 0 Å². The summed E-state index contributed by atoms with van der Waals surface area (Å²) < 4.78 is 5.14. The minimum Gasteiger partial charge on any atom is -0.506 e. The highest BCUT2D eigenvalue weighted by atomic mass is 16.5. The van der Waals surface area contributed by atoms with Crippen LogP contribution < -0.4 is 5.32 Å². The predicted molar refractivity (Wildman–Crippen MR) is 69.4 cm³/mol. The number of carboxylic acids is 1. The molecule has 1 aromatic carbocycles. The second-order valence-corrected chi connectivity index (χ2v) is 4.28. The van der Waals surface area contributed by atoms with E-state index < -0.39 is 17.5 Å². The van der Waals surface area contributed by atoms with Gasteiger partial charge in [0.25, 0.3) is 5.91 Å². The molecule has 1 atom stereocenters. The molecule has 1 aromatic rings. The minimum absolute atomic E-state index is 0.0551. The Kier molecular flexibility index (Phi) is 4.50. The lowest BCUT2D eigenvalue weighted by molar-refractivity contribution is -0.136. The van der Waals surface area contributed by atoms with Gasteiger partial charge in [-0.1, -0.05) is 6.92 Å². The molecule has 6 nitrogen and oxygen atoms in total. The standard InChI is InChI=1S/C13H17NO5/c1-4-13(2,19-3)12(18)14-9-6-5-8(11(16)17)7-10(9)15/h5-7,15H,4H2,1-3H3,(H,14,18)(H,16,17). The van der Waals surface area contributed by atoms with Gasteiger partial charge in [-0.15, -0.1) is 0 Å². The molecule has 0 aromatic heterocycles. The Hall–Kier alpha value is -2.08. The highest BCUT2D eigenvalue weighted by Gasteiger charge is 2.31. The number of rotatable bonds is 5. The first-order valence-corrected chi connectivity index (χ1v) is 5.77. The van der Waals surface area contributed by atoms with E-state index in [9.17, 15) is 14.7 Å². The van der Waals surface area contributed by atoms with Crippen LogP contribution >= 0.6 is 0 Å². The number of methoxy groups -OCH3 is 1. The fourth-order valence-corrected chi connectivity index (χ4v) is 1.42. The number of anilines is 1. The third-order valence-corrected chi connectivity index (χ3v) is 3.10. The lowest BCUT2D eigenvalue weighted by Gasteiger charge is -2.25. The average Bonchev–Trinajstić information content (AvgIpc) is 2.39. The average molecular weight is 267 g/mol. The van der Waals surface area contributed by atoms with Gasteiger partial charge in [-0.05, 0) is 31.5 Å². The monoisotopic (exact) mass is 267 g/mol. The summed E-state index contributed by atoms with van der Waals surface area (Å²) in [6.45, 7) is 3.43. The van der Waals surface area contributed by atoms with E-state index in [0.29, 0.717) is 6.42 Å². The van der Waals surface area contributed by atoms with Crippen molar-refractivity contribution in [2.45, 2.75) is 25.9 Å². The Bertz CT molecular complexity index is 494. The first kappa shape index (κ1) is 15.0. The lowest BCUT2D eigenvalue weighted by Crippen LogP contribution is -2.41. The molecule has 0 fully saturated rings. The summed E-state index contributed by atoms with van der Waals surface area (Å²) in [7, 11) is 1.43. The van der Waals surface area contributed by atoms with Gasteiger partial charge in [-0.3, -0.25) is 4.79 Å². The molecule has 19 heavy (non-hydrogen) atoms. The summed E-state index contributed by atoms with van der Waals surface area (Å²) in [5.74, 6) is -1.86. The van der Waals surface area contributed by atoms with E-state index in [4.69, 9.17) is 9.84 Å². The Labute approximate surface area is 111 Å². The van der Waals surface area contributed by atoms with Gasteiger partial charge in [-0.25, -0.2) is 4.79 Å². The van der Waals surface area contributed by atoms with Gasteiger partial charge in [0.2, 0.25) is 0 Å². The van der Waals surface area contributed by atoms with E-state index in [1.165, 1.54) is 19.2 Å². The van der Waals surface area contributed by atoms with E-state index in [1.54, 1.807) is 13.8 Å². The van der Waals surface area contributed by atoms with Crippen molar-refractivity contribution >= 4 is 17.6 Å². The number of hydrogen-bond donors (Lipinski definition) is 3. The van der Waals surface area contributed by atoms with Crippen LogP contribution in [0.5, 0.6) is 5.75 Å². The molecular formula is C13H17NO5. The number of carbonyl (C=O) groups excluding carboxylic acids is 1. The highest BCUT2D eigenvalue weighted by Crippen LogP contribution is 2.26. The molecule has 3 N–H and O–H groups in total. The Morgan fingerprint density at radius 3 is 2.47 bits per heavy atom. The van der Waals surface area contributed by atoms with Gasteiger partial charge < -0.3 is 20.3 Å². The Morgan fingerprint density at radius 1 is 1.42 bits per heavy atom. The lowest BCUT2D eigenvalue weighted by atomic mass is 10.0. The molecule has 104 valence electrons. The zero-order valence-corrected chi connectivity index (χ0v) is 11.1. The number of ether oxygens (including phenoxy) is 1. The van der Waals surface area contributed by atoms with Crippen LogP contribution in [0, 0.1) is 0 Å². The number of nitrogens with one attached hydrogen (secondary N) is 1. The van der Waals surface area contributed by atoms with E-state index in [0.717, 1.165) is 6.07 Å². The summed E-state index contributed by atoms with van der Waals surface area (Å²) >= 11 is 0. The van der Waals surface area contributed by atoms with Crippen LogP contribution in [0.4, 0.5) is 5.69 Å². The molecule has 1 rings (SSSR count). The molecule has 0 bridgehead atoms. The number of phenolic OH excluding ortho intramolecular Hbond substituents is 1. The van der Waals surface area contributed by atoms with Crippen LogP contribution in [0.15, 0.2) is 18.2 Å². The fourth-order valence-electron chi connectivity index (χ4n) is 1.42. The number of phenols is 1. The van der Waals surface area contributed by atoms with Crippen molar-refractivity contribution in [2.24, 2.45) is 0 Å². The molecule has 0 radical (unpaired) electrons. The number of carbonyl (C=O) groups is 2. The third kappa shape index (κ3) is 3.23. The van der Waals surface area contributed by atoms with Crippen LogP contribution in [0.25, 0.3) is 0 Å². The molecule has 0 aliphatic carbocycles. The van der Waals surface area contributed by atoms with Crippen molar-refractivity contribution < 1.29 is 24.5 Å². The molecule has 0 aliphatic heterocycles. The van der Waals surface area contributed by atoms with Gasteiger partial charge in [0, 0.05) is 7.11 Å². The van der Waals surface area contributed by atoms with Crippen LogP contribution in [0.1, 0.15) is 30.6 Å². The molecule has 1 unspecified atom stereocenters. The van der Waals surface area contributed by atoms with Gasteiger partial charge in [-0.2, -0.15) is 0 Å². The maximum absolute atomic E-state index is 12.0. The third-order valence-electron chi connectivity index (χ3n) is 3.10.